The Bertz CT molecular complexity index is 710. The van der Waals surface area contributed by atoms with E-state index < -0.39 is 11.9 Å². The molecule has 3 N–H and O–H groups in total. The molecule has 7 nitrogen and oxygen atoms in total. The fraction of sp³-hybridized carbons (Fsp3) is 0.312. The number of hydrogen-bond acceptors (Lipinski definition) is 5. The molecule has 1 aromatic rings. The lowest BCUT2D eigenvalue weighted by Crippen LogP contribution is -2.35. The smallest absolute Gasteiger partial charge is 0.319 e. The molecule has 0 heterocycles. The minimum Gasteiger partial charge on any atom is -0.493 e. The zero-order chi connectivity index (χ0) is 18.3. The molecule has 0 unspecified atom stereocenters. The number of hydrogen-bond donors (Lipinski definition) is 2. The second kappa shape index (κ2) is 9.12. The van der Waals surface area contributed by atoms with Gasteiger partial charge in [0.05, 0.1) is 16.8 Å². The molecular formula is C16H18IN3O4. The van der Waals surface area contributed by atoms with E-state index in [1.54, 1.807) is 18.2 Å². The number of halogens is 1. The zero-order valence-corrected chi connectivity index (χ0v) is 15.7. The van der Waals surface area contributed by atoms with Crippen molar-refractivity contribution in [1.82, 2.24) is 5.32 Å². The number of methoxy groups -OCH3 is 1. The zero-order valence-electron chi connectivity index (χ0n) is 13.6. The lowest BCUT2D eigenvalue weighted by molar-refractivity contribution is -0.115. The summed E-state index contributed by atoms with van der Waals surface area (Å²) in [6, 6.07) is 4.11. The average Bonchev–Trinajstić information content (AvgIpc) is 2.53. The molecule has 1 rings (SSSR count). The van der Waals surface area contributed by atoms with Crippen molar-refractivity contribution in [2.75, 3.05) is 7.11 Å². The normalized spacial score (nSPS) is 12.0. The third kappa shape index (κ3) is 5.42. The number of amides is 3. The van der Waals surface area contributed by atoms with E-state index in [0.717, 1.165) is 9.99 Å². The lowest BCUT2D eigenvalue weighted by Gasteiger charge is -2.17. The predicted octanol–water partition coefficient (Wildman–Crippen LogP) is 2.58. The summed E-state index contributed by atoms with van der Waals surface area (Å²) in [5.74, 6) is 0.227. The number of nitrogens with zero attached hydrogens (tertiary/aromatic N) is 1. The van der Waals surface area contributed by atoms with E-state index in [4.69, 9.17) is 20.5 Å². The maximum Gasteiger partial charge on any atom is 0.319 e. The molecule has 0 saturated carbocycles. The highest BCUT2D eigenvalue weighted by Gasteiger charge is 2.15. The fourth-order valence-corrected chi connectivity index (χ4v) is 2.47. The monoisotopic (exact) mass is 443 g/mol. The summed E-state index contributed by atoms with van der Waals surface area (Å²) in [6.07, 6.45) is 2.20. The SMILES string of the molecule is CC[C@@H](C)Oc1c(I)cc(/C=C(/C#N)C(=O)NC(N)=O)cc1OC. The highest BCUT2D eigenvalue weighted by Crippen LogP contribution is 2.35. The van der Waals surface area contributed by atoms with Crippen LogP contribution in [0.3, 0.4) is 0 Å². The molecule has 0 aromatic heterocycles. The van der Waals surface area contributed by atoms with Crippen molar-refractivity contribution in [3.63, 3.8) is 0 Å². The Kier molecular flexibility index (Phi) is 7.51. The minimum absolute atomic E-state index is 0.0184. The topological polar surface area (TPSA) is 114 Å². The van der Waals surface area contributed by atoms with Gasteiger partial charge in [-0.15, -0.1) is 0 Å². The number of rotatable bonds is 6. The maximum atomic E-state index is 11.7. The number of primary amides is 1. The van der Waals surface area contributed by atoms with Gasteiger partial charge in [-0.25, -0.2) is 4.79 Å². The van der Waals surface area contributed by atoms with Crippen LogP contribution in [0.1, 0.15) is 25.8 Å². The Morgan fingerprint density at radius 1 is 1.50 bits per heavy atom. The van der Waals surface area contributed by atoms with Crippen LogP contribution < -0.4 is 20.5 Å². The van der Waals surface area contributed by atoms with Gasteiger partial charge in [0.1, 0.15) is 11.6 Å². The Morgan fingerprint density at radius 3 is 2.67 bits per heavy atom. The number of nitriles is 1. The van der Waals surface area contributed by atoms with Gasteiger partial charge in [-0.3, -0.25) is 10.1 Å². The van der Waals surface area contributed by atoms with Crippen LogP contribution in [0.15, 0.2) is 17.7 Å². The van der Waals surface area contributed by atoms with Crippen molar-refractivity contribution < 1.29 is 19.1 Å². The van der Waals surface area contributed by atoms with Crippen LogP contribution in [-0.4, -0.2) is 25.2 Å². The third-order valence-electron chi connectivity index (χ3n) is 3.06. The maximum absolute atomic E-state index is 11.7. The van der Waals surface area contributed by atoms with E-state index in [1.165, 1.54) is 13.2 Å². The fourth-order valence-electron chi connectivity index (χ4n) is 1.72. The van der Waals surface area contributed by atoms with Crippen molar-refractivity contribution in [1.29, 1.82) is 5.26 Å². The Morgan fingerprint density at radius 2 is 2.17 bits per heavy atom. The third-order valence-corrected chi connectivity index (χ3v) is 3.86. The summed E-state index contributed by atoms with van der Waals surface area (Å²) in [7, 11) is 1.51. The molecule has 0 saturated heterocycles. The molecule has 0 bridgehead atoms. The van der Waals surface area contributed by atoms with Gasteiger partial charge in [-0.1, -0.05) is 6.92 Å². The molecule has 1 atom stereocenters. The second-order valence-corrected chi connectivity index (χ2v) is 6.02. The quantitative estimate of drug-likeness (QED) is 0.399. The number of imide groups is 1. The molecule has 0 aliphatic heterocycles. The molecule has 24 heavy (non-hydrogen) atoms. The average molecular weight is 443 g/mol. The first-order valence-electron chi connectivity index (χ1n) is 7.09. The van der Waals surface area contributed by atoms with Gasteiger partial charge in [0.25, 0.3) is 5.91 Å². The van der Waals surface area contributed by atoms with Crippen molar-refractivity contribution >= 4 is 40.6 Å². The number of nitrogens with one attached hydrogen (secondary N) is 1. The first-order valence-corrected chi connectivity index (χ1v) is 8.17. The standard InChI is InChI=1S/C16H18IN3O4/c1-4-9(2)24-14-12(17)6-10(7-13(14)23-3)5-11(8-18)15(21)20-16(19)22/h5-7,9H,4H2,1-3H3,(H3,19,20,21,22)/b11-5-/t9-/m1/s1. The van der Waals surface area contributed by atoms with E-state index in [2.05, 4.69) is 22.6 Å². The molecule has 0 spiro atoms. The number of carbonyl (C=O) groups is 2. The Labute approximate surface area is 153 Å². The summed E-state index contributed by atoms with van der Waals surface area (Å²) in [4.78, 5) is 22.4. The molecule has 0 fully saturated rings. The first-order chi connectivity index (χ1) is 11.3. The van der Waals surface area contributed by atoms with Crippen LogP contribution in [-0.2, 0) is 4.79 Å². The highest BCUT2D eigenvalue weighted by atomic mass is 127. The second-order valence-electron chi connectivity index (χ2n) is 4.86. The summed E-state index contributed by atoms with van der Waals surface area (Å²) in [5.41, 5.74) is 5.19. The summed E-state index contributed by atoms with van der Waals surface area (Å²) in [6.45, 7) is 3.96. The van der Waals surface area contributed by atoms with Gasteiger partial charge in [-0.2, -0.15) is 5.26 Å². The van der Waals surface area contributed by atoms with Gasteiger partial charge in [-0.05, 0) is 59.7 Å². The number of ether oxygens (including phenoxy) is 2. The van der Waals surface area contributed by atoms with E-state index in [0.29, 0.717) is 17.1 Å². The van der Waals surface area contributed by atoms with E-state index in [9.17, 15) is 9.59 Å². The van der Waals surface area contributed by atoms with Crippen LogP contribution >= 0.6 is 22.6 Å². The van der Waals surface area contributed by atoms with Gasteiger partial charge >= 0.3 is 6.03 Å². The molecular weight excluding hydrogens is 425 g/mol. The van der Waals surface area contributed by atoms with Crippen LogP contribution in [0, 0.1) is 14.9 Å². The number of urea groups is 1. The Balaban J connectivity index is 3.24. The summed E-state index contributed by atoms with van der Waals surface area (Å²) in [5, 5.41) is 10.9. The number of nitrogens with two attached hydrogens (primary N) is 1. The molecule has 8 heteroatoms. The first kappa shape index (κ1) is 19.8. The molecule has 3 amide bonds. The van der Waals surface area contributed by atoms with E-state index in [-0.39, 0.29) is 11.7 Å². The van der Waals surface area contributed by atoms with Gasteiger partial charge in [0, 0.05) is 0 Å². The molecule has 0 aliphatic rings. The largest absolute Gasteiger partial charge is 0.493 e. The van der Waals surface area contributed by atoms with Crippen LogP contribution in [0.25, 0.3) is 6.08 Å². The van der Waals surface area contributed by atoms with Gasteiger partial charge in [0.2, 0.25) is 0 Å². The molecule has 1 aromatic carbocycles. The molecule has 0 aliphatic carbocycles. The Hall–Kier alpha value is -2.28. The summed E-state index contributed by atoms with van der Waals surface area (Å²) >= 11 is 2.09. The highest BCUT2D eigenvalue weighted by molar-refractivity contribution is 14.1. The van der Waals surface area contributed by atoms with Gasteiger partial charge < -0.3 is 15.2 Å². The van der Waals surface area contributed by atoms with Crippen molar-refractivity contribution in [2.24, 2.45) is 5.73 Å². The predicted molar refractivity (Wildman–Crippen MR) is 97.4 cm³/mol. The van der Waals surface area contributed by atoms with Crippen LogP contribution in [0.4, 0.5) is 4.79 Å². The minimum atomic E-state index is -1.02. The number of carbonyl (C=O) groups excluding carboxylic acids is 2. The van der Waals surface area contributed by atoms with Gasteiger partial charge in [0.15, 0.2) is 11.5 Å². The number of benzene rings is 1. The van der Waals surface area contributed by atoms with E-state index >= 15 is 0 Å². The molecule has 0 radical (unpaired) electrons. The van der Waals surface area contributed by atoms with Crippen molar-refractivity contribution in [3.8, 4) is 17.6 Å². The van der Waals surface area contributed by atoms with Crippen molar-refractivity contribution in [2.45, 2.75) is 26.4 Å². The van der Waals surface area contributed by atoms with E-state index in [1.807, 2.05) is 19.2 Å². The van der Waals surface area contributed by atoms with Crippen LogP contribution in [0.5, 0.6) is 11.5 Å². The summed E-state index contributed by atoms with van der Waals surface area (Å²) < 4.78 is 11.9. The van der Waals surface area contributed by atoms with Crippen molar-refractivity contribution in [3.05, 3.63) is 26.8 Å². The van der Waals surface area contributed by atoms with Crippen LogP contribution in [0.2, 0.25) is 0 Å². The molecule has 128 valence electrons. The lowest BCUT2D eigenvalue weighted by atomic mass is 10.1.